The summed E-state index contributed by atoms with van der Waals surface area (Å²) in [6, 6.07) is 24.7. The first-order valence-electron chi connectivity index (χ1n) is 8.66. The van der Waals surface area contributed by atoms with Crippen molar-refractivity contribution in [3.8, 4) is 17.2 Å². The van der Waals surface area contributed by atoms with Crippen LogP contribution in [0.25, 0.3) is 0 Å². The quantitative estimate of drug-likeness (QED) is 0.725. The number of carbonyl (C=O) groups is 1. The van der Waals surface area contributed by atoms with E-state index in [4.69, 9.17) is 9.47 Å². The highest BCUT2D eigenvalue weighted by molar-refractivity contribution is 5.97. The normalized spacial score (nSPS) is 15.5. The van der Waals surface area contributed by atoms with Crippen LogP contribution in [-0.4, -0.2) is 12.5 Å². The molecule has 0 fully saturated rings. The van der Waals surface area contributed by atoms with Gasteiger partial charge in [-0.1, -0.05) is 48.5 Å². The molecule has 1 amide bonds. The lowest BCUT2D eigenvalue weighted by molar-refractivity contribution is -0.118. The minimum atomic E-state index is -0.232. The van der Waals surface area contributed by atoms with Gasteiger partial charge in [0.25, 0.3) is 0 Å². The first kappa shape index (κ1) is 16.2. The van der Waals surface area contributed by atoms with Crippen LogP contribution in [0.5, 0.6) is 17.2 Å². The van der Waals surface area contributed by atoms with E-state index in [-0.39, 0.29) is 11.8 Å². The van der Waals surface area contributed by atoms with Crippen molar-refractivity contribution in [1.82, 2.24) is 0 Å². The molecule has 1 heterocycles. The summed E-state index contributed by atoms with van der Waals surface area (Å²) in [6.07, 6.45) is 0.657. The fourth-order valence-corrected chi connectivity index (χ4v) is 3.11. The number of benzene rings is 3. The molecule has 0 aliphatic carbocycles. The SMILES string of the molecule is O=C(Nc1ccccc1Oc1ccccc1)C1CCOc2ccccc21. The molecule has 1 atom stereocenters. The van der Waals surface area contributed by atoms with Gasteiger partial charge >= 0.3 is 0 Å². The Labute approximate surface area is 152 Å². The molecule has 1 aliphatic heterocycles. The minimum Gasteiger partial charge on any atom is -0.493 e. The molecule has 4 heteroatoms. The lowest BCUT2D eigenvalue weighted by atomic mass is 9.92. The van der Waals surface area contributed by atoms with Crippen molar-refractivity contribution in [1.29, 1.82) is 0 Å². The predicted octanol–water partition coefficient (Wildman–Crippen LogP) is 4.98. The van der Waals surface area contributed by atoms with Crippen molar-refractivity contribution < 1.29 is 14.3 Å². The molecule has 0 saturated heterocycles. The monoisotopic (exact) mass is 345 g/mol. The highest BCUT2D eigenvalue weighted by atomic mass is 16.5. The van der Waals surface area contributed by atoms with Crippen LogP contribution in [0.4, 0.5) is 5.69 Å². The summed E-state index contributed by atoms with van der Waals surface area (Å²) in [7, 11) is 0. The van der Waals surface area contributed by atoms with E-state index < -0.39 is 0 Å². The van der Waals surface area contributed by atoms with Gasteiger partial charge in [0, 0.05) is 5.56 Å². The Kier molecular flexibility index (Phi) is 4.56. The van der Waals surface area contributed by atoms with E-state index >= 15 is 0 Å². The van der Waals surface area contributed by atoms with Crippen LogP contribution in [0.2, 0.25) is 0 Å². The van der Waals surface area contributed by atoms with Crippen LogP contribution in [0.1, 0.15) is 17.9 Å². The molecular weight excluding hydrogens is 326 g/mol. The Balaban J connectivity index is 1.56. The molecule has 3 aromatic carbocycles. The fourth-order valence-electron chi connectivity index (χ4n) is 3.11. The molecule has 4 rings (SSSR count). The van der Waals surface area contributed by atoms with Crippen molar-refractivity contribution in [3.05, 3.63) is 84.4 Å². The zero-order chi connectivity index (χ0) is 17.8. The number of hydrogen-bond donors (Lipinski definition) is 1. The van der Waals surface area contributed by atoms with E-state index in [2.05, 4.69) is 5.32 Å². The molecule has 1 unspecified atom stereocenters. The van der Waals surface area contributed by atoms with Crippen LogP contribution >= 0.6 is 0 Å². The van der Waals surface area contributed by atoms with E-state index in [1.54, 1.807) is 0 Å². The number of anilines is 1. The molecule has 4 nitrogen and oxygen atoms in total. The third-order valence-corrected chi connectivity index (χ3v) is 4.39. The molecule has 0 bridgehead atoms. The summed E-state index contributed by atoms with van der Waals surface area (Å²) in [5.74, 6) is 1.85. The molecule has 0 radical (unpaired) electrons. The molecule has 0 saturated carbocycles. The number of ether oxygens (including phenoxy) is 2. The summed E-state index contributed by atoms with van der Waals surface area (Å²) in [4.78, 5) is 12.9. The van der Waals surface area contributed by atoms with Gasteiger partial charge in [-0.25, -0.2) is 0 Å². The van der Waals surface area contributed by atoms with E-state index in [0.29, 0.717) is 24.5 Å². The standard InChI is InChI=1S/C22H19NO3/c24-22(18-14-15-25-20-12-6-4-10-17(18)20)23-19-11-5-7-13-21(19)26-16-8-2-1-3-9-16/h1-13,18H,14-15H2,(H,23,24). The topological polar surface area (TPSA) is 47.6 Å². The first-order chi connectivity index (χ1) is 12.8. The summed E-state index contributed by atoms with van der Waals surface area (Å²) in [6.45, 7) is 0.539. The van der Waals surface area contributed by atoms with Gasteiger partial charge in [0.15, 0.2) is 5.75 Å². The van der Waals surface area contributed by atoms with Gasteiger partial charge in [-0.05, 0) is 36.8 Å². The van der Waals surface area contributed by atoms with Crippen molar-refractivity contribution in [2.75, 3.05) is 11.9 Å². The molecule has 0 spiro atoms. The second-order valence-corrected chi connectivity index (χ2v) is 6.13. The predicted molar refractivity (Wildman–Crippen MR) is 101 cm³/mol. The summed E-state index contributed by atoms with van der Waals surface area (Å²) < 4.78 is 11.6. The highest BCUT2D eigenvalue weighted by Gasteiger charge is 2.27. The third kappa shape index (κ3) is 3.40. The molecule has 1 N–H and O–H groups in total. The van der Waals surface area contributed by atoms with Crippen LogP contribution in [0.3, 0.4) is 0 Å². The number of rotatable bonds is 4. The summed E-state index contributed by atoms with van der Waals surface area (Å²) in [5.41, 5.74) is 1.59. The third-order valence-electron chi connectivity index (χ3n) is 4.39. The molecule has 26 heavy (non-hydrogen) atoms. The van der Waals surface area contributed by atoms with Gasteiger partial charge in [-0.3, -0.25) is 4.79 Å². The molecule has 130 valence electrons. The molecule has 0 aromatic heterocycles. The van der Waals surface area contributed by atoms with Crippen LogP contribution in [0.15, 0.2) is 78.9 Å². The Hall–Kier alpha value is -3.27. The Bertz CT molecular complexity index is 908. The van der Waals surface area contributed by atoms with Crippen molar-refractivity contribution >= 4 is 11.6 Å². The minimum absolute atomic E-state index is 0.0511. The Morgan fingerprint density at radius 1 is 0.923 bits per heavy atom. The van der Waals surface area contributed by atoms with Crippen molar-refractivity contribution in [2.45, 2.75) is 12.3 Å². The molecule has 1 aliphatic rings. The number of amides is 1. The summed E-state index contributed by atoms with van der Waals surface area (Å²) >= 11 is 0. The average molecular weight is 345 g/mol. The number of hydrogen-bond acceptors (Lipinski definition) is 3. The van der Waals surface area contributed by atoms with Crippen molar-refractivity contribution in [3.63, 3.8) is 0 Å². The van der Waals surface area contributed by atoms with Gasteiger partial charge in [0.2, 0.25) is 5.91 Å². The van der Waals surface area contributed by atoms with Gasteiger partial charge in [-0.15, -0.1) is 0 Å². The van der Waals surface area contributed by atoms with Gasteiger partial charge in [0.05, 0.1) is 18.2 Å². The highest BCUT2D eigenvalue weighted by Crippen LogP contribution is 2.35. The van der Waals surface area contributed by atoms with Gasteiger partial charge in [-0.2, -0.15) is 0 Å². The van der Waals surface area contributed by atoms with Gasteiger partial charge < -0.3 is 14.8 Å². The van der Waals surface area contributed by atoms with E-state index in [9.17, 15) is 4.79 Å². The maximum Gasteiger partial charge on any atom is 0.232 e. The second kappa shape index (κ2) is 7.31. The zero-order valence-electron chi connectivity index (χ0n) is 14.2. The smallest absolute Gasteiger partial charge is 0.232 e. The maximum absolute atomic E-state index is 12.9. The van der Waals surface area contributed by atoms with Gasteiger partial charge in [0.1, 0.15) is 11.5 Å². The van der Waals surface area contributed by atoms with E-state index in [1.165, 1.54) is 0 Å². The largest absolute Gasteiger partial charge is 0.493 e. The lowest BCUT2D eigenvalue weighted by Gasteiger charge is -2.25. The fraction of sp³-hybridized carbons (Fsp3) is 0.136. The molecular formula is C22H19NO3. The zero-order valence-corrected chi connectivity index (χ0v) is 14.2. The lowest BCUT2D eigenvalue weighted by Crippen LogP contribution is -2.26. The van der Waals surface area contributed by atoms with E-state index in [0.717, 1.165) is 17.1 Å². The Morgan fingerprint density at radius 3 is 2.54 bits per heavy atom. The maximum atomic E-state index is 12.9. The van der Waals surface area contributed by atoms with Crippen LogP contribution in [0, 0.1) is 0 Å². The van der Waals surface area contributed by atoms with E-state index in [1.807, 2.05) is 78.9 Å². The van der Waals surface area contributed by atoms with Crippen LogP contribution in [-0.2, 0) is 4.79 Å². The van der Waals surface area contributed by atoms with Crippen LogP contribution < -0.4 is 14.8 Å². The second-order valence-electron chi connectivity index (χ2n) is 6.13. The Morgan fingerprint density at radius 2 is 1.65 bits per heavy atom. The number of para-hydroxylation sites is 4. The first-order valence-corrected chi connectivity index (χ1v) is 8.66. The number of fused-ring (bicyclic) bond motifs is 1. The molecule has 3 aromatic rings. The average Bonchev–Trinajstić information content (AvgIpc) is 2.70. The number of nitrogens with one attached hydrogen (secondary N) is 1. The number of carbonyl (C=O) groups excluding carboxylic acids is 1. The van der Waals surface area contributed by atoms with Crippen molar-refractivity contribution in [2.24, 2.45) is 0 Å². The summed E-state index contributed by atoms with van der Waals surface area (Å²) in [5, 5.41) is 3.02.